The summed E-state index contributed by atoms with van der Waals surface area (Å²) in [6.07, 6.45) is 7.59. The van der Waals surface area contributed by atoms with E-state index in [4.69, 9.17) is 4.98 Å². The first-order valence-corrected chi connectivity index (χ1v) is 12.9. The monoisotopic (exact) mass is 507 g/mol. The molecule has 6 rings (SSSR count). The van der Waals surface area contributed by atoms with Gasteiger partial charge in [0.15, 0.2) is 5.82 Å². The van der Waals surface area contributed by atoms with Crippen molar-refractivity contribution in [3.8, 4) is 11.5 Å². The number of aromatic nitrogens is 4. The smallest absolute Gasteiger partial charge is 0.278 e. The van der Waals surface area contributed by atoms with Gasteiger partial charge in [-0.25, -0.2) is 15.0 Å². The van der Waals surface area contributed by atoms with E-state index in [0.29, 0.717) is 41.4 Å². The number of hydrogen-bond donors (Lipinski definition) is 0. The van der Waals surface area contributed by atoms with Crippen LogP contribution in [0.15, 0.2) is 53.1 Å². The van der Waals surface area contributed by atoms with Crippen LogP contribution in [0.2, 0.25) is 0 Å². The lowest BCUT2D eigenvalue weighted by Crippen LogP contribution is -2.41. The molecule has 1 aliphatic carbocycles. The number of likely N-dealkylation sites (tertiary alicyclic amines) is 1. The number of fused-ring (bicyclic) bond motifs is 2. The lowest BCUT2D eigenvalue weighted by atomic mass is 10.0. The van der Waals surface area contributed by atoms with Gasteiger partial charge in [0.25, 0.3) is 11.8 Å². The van der Waals surface area contributed by atoms with E-state index in [-0.39, 0.29) is 17.5 Å². The molecule has 192 valence electrons. The highest BCUT2D eigenvalue weighted by Crippen LogP contribution is 2.37. The molecule has 3 aromatic heterocycles. The van der Waals surface area contributed by atoms with E-state index in [1.807, 2.05) is 12.1 Å². The number of pyridine rings is 1. The fourth-order valence-electron chi connectivity index (χ4n) is 5.45. The molecule has 0 bridgehead atoms. The molecule has 0 unspecified atom stereocenters. The fourth-order valence-corrected chi connectivity index (χ4v) is 5.45. The zero-order valence-electron chi connectivity index (χ0n) is 21.2. The average Bonchev–Trinajstić information content (AvgIpc) is 3.60. The second-order valence-corrected chi connectivity index (χ2v) is 10.1. The Labute approximate surface area is 220 Å². The van der Waals surface area contributed by atoms with Crippen molar-refractivity contribution in [2.24, 2.45) is 15.9 Å². The van der Waals surface area contributed by atoms with Crippen LogP contribution in [0.5, 0.6) is 0 Å². The molecule has 9 nitrogen and oxygen atoms in total. The molecule has 0 N–H and O–H groups in total. The molecular formula is C29H29N7O2. The van der Waals surface area contributed by atoms with E-state index >= 15 is 0 Å². The Kier molecular flexibility index (Phi) is 5.98. The largest absolute Gasteiger partial charge is 0.337 e. The van der Waals surface area contributed by atoms with Crippen molar-refractivity contribution in [1.82, 2.24) is 24.0 Å². The molecule has 9 heteroatoms. The van der Waals surface area contributed by atoms with Crippen LogP contribution < -0.4 is 0 Å². The van der Waals surface area contributed by atoms with Gasteiger partial charge in [-0.15, -0.1) is 0 Å². The van der Waals surface area contributed by atoms with Crippen LogP contribution in [0, 0.1) is 5.92 Å². The van der Waals surface area contributed by atoms with Crippen LogP contribution in [0.1, 0.15) is 46.4 Å². The molecule has 0 radical (unpaired) electrons. The topological polar surface area (TPSA) is 97.7 Å². The summed E-state index contributed by atoms with van der Waals surface area (Å²) in [6.45, 7) is 13.1. The summed E-state index contributed by atoms with van der Waals surface area (Å²) in [4.78, 5) is 45.7. The Morgan fingerprint density at radius 1 is 1.16 bits per heavy atom. The average molecular weight is 508 g/mol. The van der Waals surface area contributed by atoms with Crippen LogP contribution in [0.3, 0.4) is 0 Å². The second kappa shape index (κ2) is 9.48. The zero-order chi connectivity index (χ0) is 26.4. The van der Waals surface area contributed by atoms with Crippen molar-refractivity contribution in [2.45, 2.75) is 38.3 Å². The second-order valence-electron chi connectivity index (χ2n) is 10.1. The Hall–Kier alpha value is -4.40. The van der Waals surface area contributed by atoms with Crippen molar-refractivity contribution in [2.75, 3.05) is 13.1 Å². The first kappa shape index (κ1) is 24.0. The molecule has 1 aliphatic heterocycles. The lowest BCUT2D eigenvalue weighted by molar-refractivity contribution is 0.0710. The number of aliphatic imine (C=N–C) groups is 2. The fraction of sp³-hybridized carbons (Fsp3) is 0.310. The predicted octanol–water partition coefficient (Wildman–Crippen LogP) is 4.71. The van der Waals surface area contributed by atoms with Crippen LogP contribution in [-0.4, -0.2) is 68.4 Å². The van der Waals surface area contributed by atoms with Crippen molar-refractivity contribution in [3.05, 3.63) is 54.2 Å². The van der Waals surface area contributed by atoms with Crippen LogP contribution in [-0.2, 0) is 6.54 Å². The highest BCUT2D eigenvalue weighted by atomic mass is 16.2. The standard InChI is InChI=1S/C29H29N7O2/c1-4-35-25-22(28(37)31-3)13-20(29(38)34-12-6-8-21(17-34)30-2)14-23(25)33-27(35)24-15-19-7-5-11-32-26(19)36(24)16-18-9-10-18/h4-5,7,11,13-15,18,21H,1-3,6,8-10,12,16-17H2/t21-/m1/s1. The summed E-state index contributed by atoms with van der Waals surface area (Å²) in [5.74, 6) is 0.548. The van der Waals surface area contributed by atoms with Gasteiger partial charge in [-0.3, -0.25) is 19.1 Å². The van der Waals surface area contributed by atoms with Crippen molar-refractivity contribution >= 4 is 53.5 Å². The molecule has 1 saturated carbocycles. The maximum absolute atomic E-state index is 13.5. The van der Waals surface area contributed by atoms with Crippen LogP contribution >= 0.6 is 0 Å². The normalized spacial score (nSPS) is 17.6. The Morgan fingerprint density at radius 2 is 2.00 bits per heavy atom. The summed E-state index contributed by atoms with van der Waals surface area (Å²) in [6, 6.07) is 9.38. The van der Waals surface area contributed by atoms with Gasteiger partial charge in [0.2, 0.25) is 0 Å². The van der Waals surface area contributed by atoms with Crippen molar-refractivity contribution in [3.63, 3.8) is 0 Å². The highest BCUT2D eigenvalue weighted by molar-refractivity contribution is 6.11. The Balaban J connectivity index is 1.53. The number of amides is 2. The number of piperidine rings is 1. The first-order valence-electron chi connectivity index (χ1n) is 12.9. The molecule has 4 heterocycles. The third kappa shape index (κ3) is 4.04. The Morgan fingerprint density at radius 3 is 2.74 bits per heavy atom. The summed E-state index contributed by atoms with van der Waals surface area (Å²) >= 11 is 0. The number of rotatable bonds is 7. The van der Waals surface area contributed by atoms with Gasteiger partial charge < -0.3 is 9.47 Å². The van der Waals surface area contributed by atoms with E-state index in [1.54, 1.807) is 34.0 Å². The molecular weight excluding hydrogens is 478 g/mol. The molecule has 4 aromatic rings. The minimum atomic E-state index is -0.524. The van der Waals surface area contributed by atoms with E-state index < -0.39 is 5.91 Å². The number of hydrogen-bond acceptors (Lipinski definition) is 5. The number of carbonyl (C=O) groups is 2. The Bertz CT molecular complexity index is 1620. The molecule has 1 aromatic carbocycles. The van der Waals surface area contributed by atoms with E-state index in [0.717, 1.165) is 36.1 Å². The summed E-state index contributed by atoms with van der Waals surface area (Å²) in [7, 11) is 0. The first-order chi connectivity index (χ1) is 18.5. The summed E-state index contributed by atoms with van der Waals surface area (Å²) in [5, 5.41) is 1.02. The third-order valence-electron chi connectivity index (χ3n) is 7.55. The van der Waals surface area contributed by atoms with Crippen molar-refractivity contribution in [1.29, 1.82) is 0 Å². The van der Waals surface area contributed by atoms with Gasteiger partial charge >= 0.3 is 0 Å². The quantitative estimate of drug-likeness (QED) is 0.338. The molecule has 2 aliphatic rings. The molecule has 38 heavy (non-hydrogen) atoms. The number of benzene rings is 1. The third-order valence-corrected chi connectivity index (χ3v) is 7.55. The molecule has 1 atom stereocenters. The molecule has 2 fully saturated rings. The van der Waals surface area contributed by atoms with Gasteiger partial charge in [-0.1, -0.05) is 6.58 Å². The maximum atomic E-state index is 13.5. The minimum Gasteiger partial charge on any atom is -0.337 e. The van der Waals surface area contributed by atoms with Crippen LogP contribution in [0.25, 0.3) is 39.8 Å². The van der Waals surface area contributed by atoms with Gasteiger partial charge in [0, 0.05) is 43.0 Å². The van der Waals surface area contributed by atoms with Gasteiger partial charge in [-0.05, 0) is 75.4 Å². The molecule has 1 saturated heterocycles. The molecule has 2 amide bonds. The van der Waals surface area contributed by atoms with E-state index in [2.05, 4.69) is 45.6 Å². The highest BCUT2D eigenvalue weighted by Gasteiger charge is 2.29. The number of nitrogens with zero attached hydrogens (tertiary/aromatic N) is 7. The van der Waals surface area contributed by atoms with Gasteiger partial charge in [-0.2, -0.15) is 0 Å². The van der Waals surface area contributed by atoms with Crippen LogP contribution in [0.4, 0.5) is 0 Å². The SMILES string of the molecule is C=Cn1c(-c2cc3cccnc3n2CC2CC2)nc2cc(C(=O)N3CCC[C@@H](N=C)C3)cc(C(=O)N=C)c21. The van der Waals surface area contributed by atoms with Gasteiger partial charge in [0.05, 0.1) is 28.3 Å². The van der Waals surface area contributed by atoms with E-state index in [1.165, 1.54) is 12.8 Å². The maximum Gasteiger partial charge on any atom is 0.278 e. The van der Waals surface area contributed by atoms with Crippen molar-refractivity contribution < 1.29 is 9.59 Å². The van der Waals surface area contributed by atoms with Gasteiger partial charge in [0.1, 0.15) is 5.65 Å². The minimum absolute atomic E-state index is 0.0148. The number of imidazole rings is 1. The number of carbonyl (C=O) groups excluding carboxylic acids is 2. The zero-order valence-corrected chi connectivity index (χ0v) is 21.2. The summed E-state index contributed by atoms with van der Waals surface area (Å²) in [5.41, 5.74) is 3.49. The molecule has 0 spiro atoms. The lowest BCUT2D eigenvalue weighted by Gasteiger charge is -2.30. The van der Waals surface area contributed by atoms with E-state index in [9.17, 15) is 9.59 Å². The predicted molar refractivity (Wildman–Crippen MR) is 150 cm³/mol. The summed E-state index contributed by atoms with van der Waals surface area (Å²) < 4.78 is 4.00.